The number of hydrogen-bond donors (Lipinski definition) is 3. The van der Waals surface area contributed by atoms with E-state index in [0.717, 1.165) is 10.1 Å². The number of halogens is 2. The van der Waals surface area contributed by atoms with Gasteiger partial charge in [-0.15, -0.1) is 0 Å². The van der Waals surface area contributed by atoms with Gasteiger partial charge in [-0.25, -0.2) is 9.18 Å². The second kappa shape index (κ2) is 13.4. The molecule has 10 nitrogen and oxygen atoms in total. The third-order valence-corrected chi connectivity index (χ3v) is 8.52. The molecule has 0 radical (unpaired) electrons. The molecule has 12 heteroatoms. The lowest BCUT2D eigenvalue weighted by atomic mass is 9.94. The Morgan fingerprint density at radius 1 is 1.13 bits per heavy atom. The lowest BCUT2D eigenvalue weighted by Crippen LogP contribution is -2.46. The second-order valence-electron chi connectivity index (χ2n) is 11.0. The summed E-state index contributed by atoms with van der Waals surface area (Å²) in [5.41, 5.74) is 2.48. The van der Waals surface area contributed by atoms with Crippen molar-refractivity contribution >= 4 is 23.2 Å². The van der Waals surface area contributed by atoms with Crippen molar-refractivity contribution < 1.29 is 23.8 Å². The second-order valence-corrected chi connectivity index (χ2v) is 11.3. The number of rotatable bonds is 8. The summed E-state index contributed by atoms with van der Waals surface area (Å²) in [6.45, 7) is 2.77. The first-order valence-corrected chi connectivity index (χ1v) is 14.7. The summed E-state index contributed by atoms with van der Waals surface area (Å²) in [6.07, 6.45) is 1.14. The summed E-state index contributed by atoms with van der Waals surface area (Å²) in [6, 6.07) is 13.5. The molecule has 3 aromatic carbocycles. The van der Waals surface area contributed by atoms with E-state index < -0.39 is 29.1 Å². The van der Waals surface area contributed by atoms with E-state index in [1.54, 1.807) is 30.3 Å². The third-order valence-electron chi connectivity index (χ3n) is 8.11. The van der Waals surface area contributed by atoms with Crippen molar-refractivity contribution in [2.24, 2.45) is 14.1 Å². The molecule has 1 aliphatic heterocycles. The first kappa shape index (κ1) is 32.1. The van der Waals surface area contributed by atoms with Crippen molar-refractivity contribution in [2.75, 3.05) is 25.6 Å². The molecule has 0 saturated carbocycles. The SMILES string of the molecule is COc1cc(-c2cccc(-c3cccc(NC(=O)c4cn(C)c(=O)n(C)c4=O)c3C)c2Cl)cc(F)c1CN[C@H]1COCC[C@@H]1O. The highest BCUT2D eigenvalue weighted by atomic mass is 35.5. The fourth-order valence-electron chi connectivity index (χ4n) is 5.45. The Morgan fingerprint density at radius 3 is 2.58 bits per heavy atom. The van der Waals surface area contributed by atoms with Gasteiger partial charge < -0.3 is 29.8 Å². The number of aryl methyl sites for hydroxylation is 1. The van der Waals surface area contributed by atoms with Crippen LogP contribution in [-0.4, -0.2) is 52.6 Å². The molecular weight excluding hydrogens is 603 g/mol. The lowest BCUT2D eigenvalue weighted by molar-refractivity contribution is -0.0161. The standard InChI is InChI=1S/C33H34ClFN4O6/c1-18-20(7-6-10-26(18)37-31(41)24-16-38(2)33(43)39(3)32(24)42)22-9-5-8-21(30(22)34)19-13-25(35)23(29(14-19)44-4)15-36-27-17-45-12-11-28(27)40/h5-10,13-14,16,27-28,36,40H,11-12,15,17H2,1-4H3,(H,37,41)/t27-,28-/m0/s1. The predicted molar refractivity (Wildman–Crippen MR) is 171 cm³/mol. The van der Waals surface area contributed by atoms with E-state index in [1.165, 1.54) is 38.0 Å². The fourth-order valence-corrected chi connectivity index (χ4v) is 5.79. The van der Waals surface area contributed by atoms with Crippen LogP contribution in [0.25, 0.3) is 22.3 Å². The van der Waals surface area contributed by atoms with Gasteiger partial charge in [0.1, 0.15) is 17.1 Å². The Kier molecular flexibility index (Phi) is 9.54. The van der Waals surface area contributed by atoms with Gasteiger partial charge in [0.05, 0.1) is 30.9 Å². The number of ether oxygens (including phenoxy) is 2. The zero-order valence-electron chi connectivity index (χ0n) is 25.3. The molecule has 0 aliphatic carbocycles. The fraction of sp³-hybridized carbons (Fsp3) is 0.303. The van der Waals surface area contributed by atoms with Crippen LogP contribution < -0.4 is 26.6 Å². The molecule has 1 aromatic heterocycles. The Balaban J connectivity index is 1.45. The molecule has 2 heterocycles. The first-order valence-electron chi connectivity index (χ1n) is 14.3. The van der Waals surface area contributed by atoms with Crippen molar-refractivity contribution in [3.8, 4) is 28.0 Å². The molecule has 1 amide bonds. The Hall–Kier alpha value is -4.29. The van der Waals surface area contributed by atoms with Crippen LogP contribution in [0.5, 0.6) is 5.75 Å². The van der Waals surface area contributed by atoms with Crippen LogP contribution in [-0.2, 0) is 25.4 Å². The number of anilines is 1. The minimum Gasteiger partial charge on any atom is -0.496 e. The normalized spacial score (nSPS) is 16.4. The molecule has 1 fully saturated rings. The molecule has 5 rings (SSSR count). The highest BCUT2D eigenvalue weighted by Gasteiger charge is 2.25. The lowest BCUT2D eigenvalue weighted by Gasteiger charge is -2.29. The molecule has 4 aromatic rings. The molecule has 45 heavy (non-hydrogen) atoms. The van der Waals surface area contributed by atoms with Gasteiger partial charge in [0.2, 0.25) is 0 Å². The van der Waals surface area contributed by atoms with Crippen LogP contribution in [0, 0.1) is 12.7 Å². The van der Waals surface area contributed by atoms with E-state index in [0.29, 0.717) is 63.9 Å². The van der Waals surface area contributed by atoms with Crippen LogP contribution in [0.3, 0.4) is 0 Å². The van der Waals surface area contributed by atoms with Gasteiger partial charge in [0.25, 0.3) is 11.5 Å². The number of aliphatic hydroxyl groups excluding tert-OH is 1. The van der Waals surface area contributed by atoms with E-state index in [1.807, 2.05) is 19.1 Å². The Bertz CT molecular complexity index is 1890. The quantitative estimate of drug-likeness (QED) is 0.267. The molecule has 3 N–H and O–H groups in total. The zero-order valence-corrected chi connectivity index (χ0v) is 26.1. The maximum atomic E-state index is 15.5. The molecule has 1 saturated heterocycles. The summed E-state index contributed by atoms with van der Waals surface area (Å²) < 4.78 is 28.6. The number of methoxy groups -OCH3 is 1. The Labute approximate surface area is 264 Å². The minimum atomic E-state index is -0.704. The topological polar surface area (TPSA) is 124 Å². The molecule has 0 spiro atoms. The van der Waals surface area contributed by atoms with Gasteiger partial charge in [-0.2, -0.15) is 0 Å². The largest absolute Gasteiger partial charge is 0.496 e. The van der Waals surface area contributed by atoms with Gasteiger partial charge >= 0.3 is 5.69 Å². The van der Waals surface area contributed by atoms with Gasteiger partial charge in [-0.1, -0.05) is 41.9 Å². The van der Waals surface area contributed by atoms with Crippen molar-refractivity contribution in [3.05, 3.63) is 103 Å². The number of aromatic nitrogens is 2. The highest BCUT2D eigenvalue weighted by molar-refractivity contribution is 6.36. The van der Waals surface area contributed by atoms with Crippen LogP contribution >= 0.6 is 11.6 Å². The summed E-state index contributed by atoms with van der Waals surface area (Å²) in [5, 5.41) is 16.5. The number of nitrogens with one attached hydrogen (secondary N) is 2. The van der Waals surface area contributed by atoms with Gasteiger partial charge in [0.15, 0.2) is 0 Å². The molecule has 2 atom stereocenters. The van der Waals surface area contributed by atoms with Crippen LogP contribution in [0.4, 0.5) is 10.1 Å². The molecule has 236 valence electrons. The number of aliphatic hydroxyl groups is 1. The van der Waals surface area contributed by atoms with E-state index in [4.69, 9.17) is 21.1 Å². The van der Waals surface area contributed by atoms with Crippen LogP contribution in [0.1, 0.15) is 27.9 Å². The van der Waals surface area contributed by atoms with Gasteiger partial charge in [-0.3, -0.25) is 14.2 Å². The summed E-state index contributed by atoms with van der Waals surface area (Å²) in [4.78, 5) is 37.7. The first-order chi connectivity index (χ1) is 21.5. The van der Waals surface area contributed by atoms with Gasteiger partial charge in [-0.05, 0) is 48.2 Å². The van der Waals surface area contributed by atoms with Crippen LogP contribution in [0.15, 0.2) is 64.3 Å². The van der Waals surface area contributed by atoms with E-state index in [-0.39, 0.29) is 18.2 Å². The molecule has 0 bridgehead atoms. The monoisotopic (exact) mass is 636 g/mol. The van der Waals surface area contributed by atoms with E-state index in [2.05, 4.69) is 10.6 Å². The number of benzene rings is 3. The van der Waals surface area contributed by atoms with E-state index >= 15 is 4.39 Å². The maximum Gasteiger partial charge on any atom is 0.330 e. The molecular formula is C33H34ClFN4O6. The predicted octanol–water partition coefficient (Wildman–Crippen LogP) is 4.02. The zero-order chi connectivity index (χ0) is 32.4. The minimum absolute atomic E-state index is 0.136. The number of nitrogens with zero attached hydrogens (tertiary/aromatic N) is 2. The third kappa shape index (κ3) is 6.43. The van der Waals surface area contributed by atoms with Gasteiger partial charge in [0, 0.05) is 55.8 Å². The molecule has 0 unspecified atom stereocenters. The number of hydrogen-bond acceptors (Lipinski definition) is 7. The van der Waals surface area contributed by atoms with Crippen molar-refractivity contribution in [1.82, 2.24) is 14.5 Å². The number of amides is 1. The average molecular weight is 637 g/mol. The summed E-state index contributed by atoms with van der Waals surface area (Å²) in [5.74, 6) is -0.820. The Morgan fingerprint density at radius 2 is 1.84 bits per heavy atom. The summed E-state index contributed by atoms with van der Waals surface area (Å²) in [7, 11) is 4.24. The summed E-state index contributed by atoms with van der Waals surface area (Å²) >= 11 is 6.96. The van der Waals surface area contributed by atoms with Crippen LogP contribution in [0.2, 0.25) is 5.02 Å². The number of carbonyl (C=O) groups is 1. The maximum absolute atomic E-state index is 15.5. The van der Waals surface area contributed by atoms with Crippen molar-refractivity contribution in [2.45, 2.75) is 32.0 Å². The number of carbonyl (C=O) groups excluding carboxylic acids is 1. The van der Waals surface area contributed by atoms with Crippen molar-refractivity contribution in [3.63, 3.8) is 0 Å². The highest BCUT2D eigenvalue weighted by Crippen LogP contribution is 2.40. The molecule has 1 aliphatic rings. The average Bonchev–Trinajstić information content (AvgIpc) is 3.02. The smallest absolute Gasteiger partial charge is 0.330 e. The van der Waals surface area contributed by atoms with Crippen molar-refractivity contribution in [1.29, 1.82) is 0 Å². The van der Waals surface area contributed by atoms with E-state index in [9.17, 15) is 19.5 Å².